The van der Waals surface area contributed by atoms with E-state index in [0.29, 0.717) is 22.7 Å². The highest BCUT2D eigenvalue weighted by Crippen LogP contribution is 2.49. The zero-order valence-electron chi connectivity index (χ0n) is 16.8. The van der Waals surface area contributed by atoms with Gasteiger partial charge in [-0.05, 0) is 54.8 Å². The van der Waals surface area contributed by atoms with Gasteiger partial charge in [-0.15, -0.1) is 0 Å². The summed E-state index contributed by atoms with van der Waals surface area (Å²) in [5.41, 5.74) is 1.33. The lowest BCUT2D eigenvalue weighted by Crippen LogP contribution is -2.28. The Morgan fingerprint density at radius 2 is 1.70 bits per heavy atom. The van der Waals surface area contributed by atoms with Gasteiger partial charge in [0.25, 0.3) is 0 Å². The Bertz CT molecular complexity index is 1080. The number of amides is 1. The molecule has 1 saturated carbocycles. The van der Waals surface area contributed by atoms with Crippen molar-refractivity contribution >= 4 is 17.5 Å². The maximum atomic E-state index is 12.9. The van der Waals surface area contributed by atoms with Gasteiger partial charge >= 0.3 is 0 Å². The maximum absolute atomic E-state index is 12.9. The first-order valence-electron chi connectivity index (χ1n) is 9.67. The smallest absolute Gasteiger partial charge is 0.236 e. The molecule has 1 heterocycles. The number of benzene rings is 2. The summed E-state index contributed by atoms with van der Waals surface area (Å²) >= 11 is 0. The third kappa shape index (κ3) is 3.64. The van der Waals surface area contributed by atoms with E-state index in [1.54, 1.807) is 37.4 Å². The van der Waals surface area contributed by atoms with E-state index < -0.39 is 5.41 Å². The van der Waals surface area contributed by atoms with E-state index in [4.69, 9.17) is 9.47 Å². The van der Waals surface area contributed by atoms with Crippen molar-refractivity contribution < 1.29 is 20.5 Å². The highest BCUT2D eigenvalue weighted by atomic mass is 16.5. The Morgan fingerprint density at radius 1 is 0.967 bits per heavy atom. The van der Waals surface area contributed by atoms with E-state index in [2.05, 4.69) is 10.3 Å². The average Bonchev–Trinajstić information content (AvgIpc) is 3.61. The third-order valence-electron chi connectivity index (χ3n) is 5.45. The van der Waals surface area contributed by atoms with Crippen molar-refractivity contribution in [1.29, 1.82) is 0 Å². The highest BCUT2D eigenvalue weighted by molar-refractivity contribution is 6.10. The van der Waals surface area contributed by atoms with Crippen molar-refractivity contribution in [3.63, 3.8) is 0 Å². The highest BCUT2D eigenvalue weighted by Gasteiger charge is 2.51. The number of anilines is 1. The van der Waals surface area contributed by atoms with Crippen LogP contribution in [0.2, 0.25) is 0 Å². The van der Waals surface area contributed by atoms with Crippen LogP contribution in [0, 0.1) is 0 Å². The number of hydrogen-bond donors (Lipinski definition) is 1. The maximum Gasteiger partial charge on any atom is 0.236 e. The number of hydrogen-bond acceptors (Lipinski definition) is 5. The summed E-state index contributed by atoms with van der Waals surface area (Å²) in [4.78, 5) is 29.9. The summed E-state index contributed by atoms with van der Waals surface area (Å²) in [6, 6.07) is 17.9. The largest absolute Gasteiger partial charge is 0.497 e. The first-order valence-corrected chi connectivity index (χ1v) is 9.67. The number of carbonyl (C=O) groups excluding carboxylic acids is 2. The van der Waals surface area contributed by atoms with Crippen molar-refractivity contribution in [1.82, 2.24) is 4.98 Å². The lowest BCUT2D eigenvalue weighted by atomic mass is 9.95. The summed E-state index contributed by atoms with van der Waals surface area (Å²) in [5, 5.41) is 2.88. The Morgan fingerprint density at radius 3 is 2.30 bits per heavy atom. The quantitative estimate of drug-likeness (QED) is 0.596. The van der Waals surface area contributed by atoms with Crippen LogP contribution in [-0.2, 0) is 10.2 Å². The fourth-order valence-corrected chi connectivity index (χ4v) is 3.51. The van der Waals surface area contributed by atoms with Crippen LogP contribution in [0.4, 0.5) is 5.82 Å². The number of methoxy groups -OCH3 is 2. The van der Waals surface area contributed by atoms with Gasteiger partial charge in [-0.1, -0.05) is 24.3 Å². The van der Waals surface area contributed by atoms with Crippen molar-refractivity contribution in [2.45, 2.75) is 18.3 Å². The molecule has 30 heavy (non-hydrogen) atoms. The van der Waals surface area contributed by atoms with E-state index in [1.165, 1.54) is 13.3 Å². The molecule has 0 atom stereocenters. The van der Waals surface area contributed by atoms with Gasteiger partial charge in [0, 0.05) is 13.2 Å². The molecule has 1 aliphatic rings. The number of ether oxygens (including phenoxy) is 2. The van der Waals surface area contributed by atoms with Crippen LogP contribution in [0.5, 0.6) is 11.5 Å². The topological polar surface area (TPSA) is 77.5 Å². The predicted molar refractivity (Wildman–Crippen MR) is 115 cm³/mol. The van der Waals surface area contributed by atoms with Gasteiger partial charge in [-0.3, -0.25) is 9.59 Å². The van der Waals surface area contributed by atoms with Gasteiger partial charge in [-0.25, -0.2) is 4.98 Å². The molecule has 1 N–H and O–H groups in total. The molecule has 0 bridgehead atoms. The number of ketones is 1. The number of nitrogens with one attached hydrogen (secondary N) is 1. The zero-order chi connectivity index (χ0) is 21.1. The van der Waals surface area contributed by atoms with E-state index in [9.17, 15) is 9.59 Å². The monoisotopic (exact) mass is 404 g/mol. The van der Waals surface area contributed by atoms with Crippen molar-refractivity contribution in [2.75, 3.05) is 19.5 Å². The standard InChI is InChI=1S/C24H22N2O4.H2/c1-29-18-10-8-17(9-11-18)24(13-14-24)23(28)26-21-12-7-16(15-25-21)22(27)19-5-3-4-6-20(19)30-2;/h3-12,15H,13-14H2,1-2H3,(H,25,26,28);1H. The average molecular weight is 404 g/mol. The van der Waals surface area contributed by atoms with Gasteiger partial charge in [-0.2, -0.15) is 0 Å². The van der Waals surface area contributed by atoms with Crippen LogP contribution in [0.3, 0.4) is 0 Å². The van der Waals surface area contributed by atoms with Gasteiger partial charge in [0.2, 0.25) is 5.91 Å². The summed E-state index contributed by atoms with van der Waals surface area (Å²) in [5.74, 6) is 1.40. The molecule has 6 nitrogen and oxygen atoms in total. The van der Waals surface area contributed by atoms with Crippen LogP contribution in [0.25, 0.3) is 0 Å². The molecule has 6 heteroatoms. The first-order chi connectivity index (χ1) is 14.6. The van der Waals surface area contributed by atoms with E-state index in [-0.39, 0.29) is 13.1 Å². The minimum absolute atomic E-state index is 0. The molecule has 1 fully saturated rings. The van der Waals surface area contributed by atoms with Crippen molar-refractivity contribution in [2.24, 2.45) is 0 Å². The molecule has 154 valence electrons. The lowest BCUT2D eigenvalue weighted by Gasteiger charge is -2.16. The summed E-state index contributed by atoms with van der Waals surface area (Å²) in [6.07, 6.45) is 3.04. The van der Waals surface area contributed by atoms with Crippen LogP contribution < -0.4 is 14.8 Å². The second-order valence-electron chi connectivity index (χ2n) is 7.23. The van der Waals surface area contributed by atoms with Gasteiger partial charge in [0.15, 0.2) is 5.78 Å². The number of nitrogens with zero attached hydrogens (tertiary/aromatic N) is 1. The molecule has 0 aliphatic heterocycles. The minimum atomic E-state index is -0.528. The molecule has 1 amide bonds. The van der Waals surface area contributed by atoms with E-state index in [1.807, 2.05) is 30.3 Å². The molecule has 0 spiro atoms. The van der Waals surface area contributed by atoms with Crippen LogP contribution in [0.1, 0.15) is 35.8 Å². The molecule has 4 rings (SSSR count). The second kappa shape index (κ2) is 7.99. The van der Waals surface area contributed by atoms with Crippen molar-refractivity contribution in [3.8, 4) is 11.5 Å². The molecule has 0 unspecified atom stereocenters. The van der Waals surface area contributed by atoms with Crippen LogP contribution >= 0.6 is 0 Å². The third-order valence-corrected chi connectivity index (χ3v) is 5.45. The van der Waals surface area contributed by atoms with Crippen LogP contribution in [0.15, 0.2) is 66.9 Å². The molecule has 1 aliphatic carbocycles. The normalized spacial score (nSPS) is 13.9. The summed E-state index contributed by atoms with van der Waals surface area (Å²) in [6.45, 7) is 0. The summed E-state index contributed by atoms with van der Waals surface area (Å²) in [7, 11) is 3.14. The Balaban J connectivity index is 0.00000272. The van der Waals surface area contributed by atoms with E-state index >= 15 is 0 Å². The Labute approximate surface area is 176 Å². The minimum Gasteiger partial charge on any atom is -0.497 e. The van der Waals surface area contributed by atoms with Crippen LogP contribution in [-0.4, -0.2) is 30.9 Å². The van der Waals surface area contributed by atoms with E-state index in [0.717, 1.165) is 24.2 Å². The molecular weight excluding hydrogens is 380 g/mol. The number of aromatic nitrogens is 1. The lowest BCUT2D eigenvalue weighted by molar-refractivity contribution is -0.118. The van der Waals surface area contributed by atoms with Crippen molar-refractivity contribution in [3.05, 3.63) is 83.6 Å². The molecule has 1 aromatic heterocycles. The number of carbonyl (C=O) groups is 2. The van der Waals surface area contributed by atoms with Gasteiger partial charge in [0.1, 0.15) is 17.3 Å². The van der Waals surface area contributed by atoms with Gasteiger partial charge < -0.3 is 14.8 Å². The fourth-order valence-electron chi connectivity index (χ4n) is 3.51. The Hall–Kier alpha value is -3.67. The predicted octanol–water partition coefficient (Wildman–Crippen LogP) is 4.25. The molecule has 3 aromatic rings. The number of rotatable bonds is 7. The zero-order valence-corrected chi connectivity index (χ0v) is 16.8. The molecule has 0 saturated heterocycles. The molecule has 2 aromatic carbocycles. The first kappa shape index (κ1) is 19.6. The van der Waals surface area contributed by atoms with Gasteiger partial charge in [0.05, 0.1) is 25.2 Å². The molecule has 0 radical (unpaired) electrons. The fraction of sp³-hybridized carbons (Fsp3) is 0.208. The number of pyridine rings is 1. The summed E-state index contributed by atoms with van der Waals surface area (Å²) < 4.78 is 10.4. The number of para-hydroxylation sites is 1. The SMILES string of the molecule is COc1ccc(C2(C(=O)Nc3ccc(C(=O)c4ccccc4OC)cn3)CC2)cc1.[HH]. The molecular formula is C24H24N2O4. The second-order valence-corrected chi connectivity index (χ2v) is 7.23. The Kier molecular flexibility index (Phi) is 5.23.